The van der Waals surface area contributed by atoms with Crippen molar-refractivity contribution in [3.8, 4) is 11.3 Å². The molecular formula is C22H24ClN3O3. The van der Waals surface area contributed by atoms with Gasteiger partial charge in [0.2, 0.25) is 0 Å². The van der Waals surface area contributed by atoms with Crippen molar-refractivity contribution < 1.29 is 13.9 Å². The van der Waals surface area contributed by atoms with E-state index >= 15 is 0 Å². The molecule has 1 N–H and O–H groups in total. The zero-order chi connectivity index (χ0) is 20.4. The van der Waals surface area contributed by atoms with Crippen molar-refractivity contribution >= 4 is 17.5 Å². The van der Waals surface area contributed by atoms with Crippen LogP contribution in [0.5, 0.6) is 0 Å². The van der Waals surface area contributed by atoms with Crippen molar-refractivity contribution in [2.45, 2.75) is 32.7 Å². The van der Waals surface area contributed by atoms with Gasteiger partial charge in [0.25, 0.3) is 5.91 Å². The largest absolute Gasteiger partial charge is 0.455 e. The standard InChI is InChI=1S/C22H24ClN3O3/c1-14-19-18(29-21(14)22(27)24-10-5-11-28-2)9-8-16-13-26(25-20(16)19)12-15-6-3-4-7-17(15)23/h3-4,6-7,13H,5,8-12H2,1-2H3,(H,24,27). The maximum atomic E-state index is 12.6. The van der Waals surface area contributed by atoms with Crippen molar-refractivity contribution in [2.75, 3.05) is 20.3 Å². The Morgan fingerprint density at radius 1 is 1.34 bits per heavy atom. The second kappa shape index (κ2) is 8.43. The summed E-state index contributed by atoms with van der Waals surface area (Å²) >= 11 is 6.30. The molecule has 29 heavy (non-hydrogen) atoms. The second-order valence-corrected chi connectivity index (χ2v) is 7.66. The van der Waals surface area contributed by atoms with E-state index in [1.807, 2.05) is 35.9 Å². The molecule has 1 amide bonds. The zero-order valence-electron chi connectivity index (χ0n) is 16.6. The number of methoxy groups -OCH3 is 1. The second-order valence-electron chi connectivity index (χ2n) is 7.25. The Kier molecular flexibility index (Phi) is 5.74. The highest BCUT2D eigenvalue weighted by atomic mass is 35.5. The predicted molar refractivity (Wildman–Crippen MR) is 111 cm³/mol. The number of aromatic nitrogens is 2. The van der Waals surface area contributed by atoms with Crippen LogP contribution in [0.1, 0.15) is 39.4 Å². The number of furan rings is 1. The van der Waals surface area contributed by atoms with E-state index in [4.69, 9.17) is 25.9 Å². The molecule has 0 radical (unpaired) electrons. The molecule has 2 heterocycles. The minimum atomic E-state index is -0.190. The topological polar surface area (TPSA) is 69.3 Å². The SMILES string of the molecule is COCCCNC(=O)c1oc2c(c1C)-c1nn(Cc3ccccc3Cl)cc1CC2. The summed E-state index contributed by atoms with van der Waals surface area (Å²) in [6.07, 6.45) is 4.43. The molecule has 7 heteroatoms. The highest BCUT2D eigenvalue weighted by Crippen LogP contribution is 2.38. The van der Waals surface area contributed by atoms with Gasteiger partial charge in [-0.2, -0.15) is 5.10 Å². The molecule has 0 saturated carbocycles. The smallest absolute Gasteiger partial charge is 0.287 e. The summed E-state index contributed by atoms with van der Waals surface area (Å²) < 4.78 is 12.9. The van der Waals surface area contributed by atoms with Gasteiger partial charge in [-0.25, -0.2) is 0 Å². The number of hydrogen-bond donors (Lipinski definition) is 1. The number of nitrogens with one attached hydrogen (secondary N) is 1. The third-order valence-corrected chi connectivity index (χ3v) is 5.59. The first kappa shape index (κ1) is 19.7. The lowest BCUT2D eigenvalue weighted by Gasteiger charge is -2.09. The Labute approximate surface area is 174 Å². The van der Waals surface area contributed by atoms with Gasteiger partial charge < -0.3 is 14.5 Å². The van der Waals surface area contributed by atoms with Gasteiger partial charge in [-0.15, -0.1) is 0 Å². The maximum absolute atomic E-state index is 12.6. The van der Waals surface area contributed by atoms with E-state index in [2.05, 4.69) is 11.5 Å². The van der Waals surface area contributed by atoms with Crippen LogP contribution in [-0.2, 0) is 24.1 Å². The average molecular weight is 414 g/mol. The first-order valence-corrected chi connectivity index (χ1v) is 10.2. The van der Waals surface area contributed by atoms with E-state index in [1.54, 1.807) is 7.11 Å². The van der Waals surface area contributed by atoms with Crippen LogP contribution in [-0.4, -0.2) is 35.9 Å². The average Bonchev–Trinajstić information content (AvgIpc) is 3.27. The van der Waals surface area contributed by atoms with Crippen LogP contribution in [0, 0.1) is 6.92 Å². The summed E-state index contributed by atoms with van der Waals surface area (Å²) in [4.78, 5) is 12.6. The summed E-state index contributed by atoms with van der Waals surface area (Å²) in [5.74, 6) is 1.02. The minimum Gasteiger partial charge on any atom is -0.455 e. The van der Waals surface area contributed by atoms with Gasteiger partial charge in [0, 0.05) is 49.0 Å². The number of hydrogen-bond acceptors (Lipinski definition) is 4. The number of carbonyl (C=O) groups is 1. The zero-order valence-corrected chi connectivity index (χ0v) is 17.4. The van der Waals surface area contributed by atoms with E-state index < -0.39 is 0 Å². The molecule has 0 aliphatic heterocycles. The minimum absolute atomic E-state index is 0.190. The molecule has 2 aromatic heterocycles. The Morgan fingerprint density at radius 2 is 2.17 bits per heavy atom. The molecular weight excluding hydrogens is 390 g/mol. The van der Waals surface area contributed by atoms with Crippen LogP contribution in [0.25, 0.3) is 11.3 Å². The Morgan fingerprint density at radius 3 is 2.97 bits per heavy atom. The normalized spacial score (nSPS) is 12.5. The summed E-state index contributed by atoms with van der Waals surface area (Å²) in [5.41, 5.74) is 4.88. The molecule has 0 spiro atoms. The van der Waals surface area contributed by atoms with Gasteiger partial charge >= 0.3 is 0 Å². The molecule has 1 aliphatic rings. The fraction of sp³-hybridized carbons (Fsp3) is 0.364. The van der Waals surface area contributed by atoms with Gasteiger partial charge in [-0.1, -0.05) is 29.8 Å². The Hall–Kier alpha value is -2.57. The lowest BCUT2D eigenvalue weighted by atomic mass is 9.93. The molecule has 0 bridgehead atoms. The number of fused-ring (bicyclic) bond motifs is 3. The van der Waals surface area contributed by atoms with Crippen LogP contribution in [0.15, 0.2) is 34.9 Å². The van der Waals surface area contributed by atoms with Crippen molar-refractivity contribution in [2.24, 2.45) is 0 Å². The number of ether oxygens (including phenoxy) is 1. The van der Waals surface area contributed by atoms with Crippen molar-refractivity contribution in [3.63, 3.8) is 0 Å². The number of carbonyl (C=O) groups excluding carboxylic acids is 1. The number of halogens is 1. The van der Waals surface area contributed by atoms with Crippen molar-refractivity contribution in [1.29, 1.82) is 0 Å². The molecule has 0 unspecified atom stereocenters. The van der Waals surface area contributed by atoms with Crippen LogP contribution < -0.4 is 5.32 Å². The fourth-order valence-corrected chi connectivity index (χ4v) is 3.96. The van der Waals surface area contributed by atoms with Crippen molar-refractivity contribution in [1.82, 2.24) is 15.1 Å². The molecule has 0 fully saturated rings. The van der Waals surface area contributed by atoms with Crippen LogP contribution >= 0.6 is 11.6 Å². The molecule has 1 aliphatic carbocycles. The number of amides is 1. The van der Waals surface area contributed by atoms with Crippen LogP contribution in [0.2, 0.25) is 5.02 Å². The maximum Gasteiger partial charge on any atom is 0.287 e. The number of nitrogens with zero attached hydrogens (tertiary/aromatic N) is 2. The van der Waals surface area contributed by atoms with Crippen LogP contribution in [0.4, 0.5) is 0 Å². The van der Waals surface area contributed by atoms with E-state index in [0.717, 1.165) is 52.4 Å². The summed E-state index contributed by atoms with van der Waals surface area (Å²) in [6, 6.07) is 7.78. The van der Waals surface area contributed by atoms with E-state index in [9.17, 15) is 4.79 Å². The lowest BCUT2D eigenvalue weighted by Crippen LogP contribution is -2.25. The number of aryl methyl sites for hydroxylation is 2. The Bertz CT molecular complexity index is 1040. The highest BCUT2D eigenvalue weighted by molar-refractivity contribution is 6.31. The first-order valence-electron chi connectivity index (χ1n) is 9.78. The number of rotatable bonds is 7. The summed E-state index contributed by atoms with van der Waals surface area (Å²) in [7, 11) is 1.65. The molecule has 4 rings (SSSR count). The van der Waals surface area contributed by atoms with E-state index in [0.29, 0.717) is 25.5 Å². The van der Waals surface area contributed by atoms with Crippen molar-refractivity contribution in [3.05, 3.63) is 63.7 Å². The van der Waals surface area contributed by atoms with Gasteiger partial charge in [0.1, 0.15) is 5.76 Å². The van der Waals surface area contributed by atoms with Gasteiger partial charge in [-0.05, 0) is 37.0 Å². The molecule has 0 atom stereocenters. The summed E-state index contributed by atoms with van der Waals surface area (Å²) in [5, 5.41) is 8.43. The van der Waals surface area contributed by atoms with Crippen LogP contribution in [0.3, 0.4) is 0 Å². The fourth-order valence-electron chi connectivity index (χ4n) is 3.76. The quantitative estimate of drug-likeness (QED) is 0.594. The third-order valence-electron chi connectivity index (χ3n) is 5.22. The lowest BCUT2D eigenvalue weighted by molar-refractivity contribution is 0.0918. The molecule has 3 aromatic rings. The molecule has 152 valence electrons. The molecule has 0 saturated heterocycles. The molecule has 6 nitrogen and oxygen atoms in total. The molecule has 1 aromatic carbocycles. The predicted octanol–water partition coefficient (Wildman–Crippen LogP) is 4.02. The third kappa shape index (κ3) is 3.95. The monoisotopic (exact) mass is 413 g/mol. The van der Waals surface area contributed by atoms with E-state index in [1.165, 1.54) is 5.56 Å². The first-order chi connectivity index (χ1) is 14.1. The van der Waals surface area contributed by atoms with E-state index in [-0.39, 0.29) is 5.91 Å². The summed E-state index contributed by atoms with van der Waals surface area (Å²) in [6.45, 7) is 3.69. The number of benzene rings is 1. The highest BCUT2D eigenvalue weighted by Gasteiger charge is 2.29. The Balaban J connectivity index is 1.58. The van der Waals surface area contributed by atoms with Gasteiger partial charge in [0.15, 0.2) is 5.76 Å². The van der Waals surface area contributed by atoms with Gasteiger partial charge in [0.05, 0.1) is 12.2 Å². The van der Waals surface area contributed by atoms with Gasteiger partial charge in [-0.3, -0.25) is 9.48 Å².